The molecule has 134 valence electrons. The van der Waals surface area contributed by atoms with Gasteiger partial charge in [0.25, 0.3) is 0 Å². The van der Waals surface area contributed by atoms with Gasteiger partial charge in [0, 0.05) is 0 Å². The second-order valence-corrected chi connectivity index (χ2v) is 5.62. The molecule has 0 saturated carbocycles. The summed E-state index contributed by atoms with van der Waals surface area (Å²) in [6, 6.07) is 8.25. The number of aliphatic hydroxyl groups excluding tert-OH is 1. The number of hydrogen-bond acceptors (Lipinski definition) is 5. The summed E-state index contributed by atoms with van der Waals surface area (Å²) < 4.78 is 46.5. The Bertz CT molecular complexity index is 925. The summed E-state index contributed by atoms with van der Waals surface area (Å²) in [4.78, 5) is 16.8. The number of aromatic nitrogens is 1. The molecule has 1 aliphatic rings. The number of ether oxygens (including phenoxy) is 1. The minimum atomic E-state index is -4.24. The van der Waals surface area contributed by atoms with E-state index in [4.69, 9.17) is 5.26 Å². The van der Waals surface area contributed by atoms with Gasteiger partial charge in [0.2, 0.25) is 0 Å². The molecule has 0 unspecified atom stereocenters. The van der Waals surface area contributed by atoms with Crippen molar-refractivity contribution in [3.63, 3.8) is 0 Å². The van der Waals surface area contributed by atoms with Crippen molar-refractivity contribution in [1.82, 2.24) is 4.98 Å². The first-order valence-corrected chi connectivity index (χ1v) is 7.50. The molecule has 6 nitrogen and oxygen atoms in total. The molecular weight excluding hydrogens is 351 g/mol. The lowest BCUT2D eigenvalue weighted by atomic mass is 10.0. The Morgan fingerprint density at radius 2 is 2.12 bits per heavy atom. The zero-order valence-electron chi connectivity index (χ0n) is 13.4. The molecule has 1 aliphatic heterocycles. The van der Waals surface area contributed by atoms with Gasteiger partial charge in [-0.2, -0.15) is 14.0 Å². The van der Waals surface area contributed by atoms with Crippen molar-refractivity contribution >= 4 is 11.6 Å². The number of nitriles is 1. The standard InChI is InChI=1S/C17H12F3N3O3/c1-9(24)14-12(18)5-6-13-15(14)26-17(19,20)16(25)23(13)8-11-4-2-3-10(7-21)22-11/h2-6,9,24H,8H2,1H3/t9-/m0/s1. The van der Waals surface area contributed by atoms with Gasteiger partial charge in [-0.15, -0.1) is 0 Å². The van der Waals surface area contributed by atoms with E-state index >= 15 is 0 Å². The van der Waals surface area contributed by atoms with E-state index < -0.39 is 35.2 Å². The lowest BCUT2D eigenvalue weighted by molar-refractivity contribution is -0.193. The molecule has 3 rings (SSSR count). The van der Waals surface area contributed by atoms with Crippen molar-refractivity contribution in [3.05, 3.63) is 53.1 Å². The average molecular weight is 363 g/mol. The molecule has 2 heterocycles. The van der Waals surface area contributed by atoms with E-state index in [1.165, 1.54) is 25.1 Å². The number of rotatable bonds is 3. The molecule has 26 heavy (non-hydrogen) atoms. The van der Waals surface area contributed by atoms with E-state index in [0.717, 1.165) is 12.1 Å². The zero-order valence-corrected chi connectivity index (χ0v) is 13.4. The molecule has 1 aromatic heterocycles. The predicted octanol–water partition coefficient (Wildman–Crippen LogP) is 2.66. The molecule has 1 amide bonds. The summed E-state index contributed by atoms with van der Waals surface area (Å²) >= 11 is 0. The number of nitrogens with zero attached hydrogens (tertiary/aromatic N) is 3. The third-order valence-corrected chi connectivity index (χ3v) is 3.80. The van der Waals surface area contributed by atoms with Gasteiger partial charge in [-0.3, -0.25) is 9.69 Å². The molecule has 1 atom stereocenters. The highest BCUT2D eigenvalue weighted by Gasteiger charge is 2.51. The van der Waals surface area contributed by atoms with E-state index in [2.05, 4.69) is 9.72 Å². The number of pyridine rings is 1. The van der Waals surface area contributed by atoms with Crippen LogP contribution >= 0.6 is 0 Å². The summed E-state index contributed by atoms with van der Waals surface area (Å²) in [6.07, 6.45) is -5.67. The van der Waals surface area contributed by atoms with Crippen molar-refractivity contribution in [2.75, 3.05) is 4.90 Å². The number of hydrogen-bond donors (Lipinski definition) is 1. The van der Waals surface area contributed by atoms with Crippen LogP contribution in [0.15, 0.2) is 30.3 Å². The van der Waals surface area contributed by atoms with Crippen LogP contribution in [0.4, 0.5) is 18.9 Å². The predicted molar refractivity (Wildman–Crippen MR) is 82.8 cm³/mol. The number of anilines is 1. The van der Waals surface area contributed by atoms with Crippen LogP contribution in [0.1, 0.15) is 30.0 Å². The summed E-state index contributed by atoms with van der Waals surface area (Å²) in [5.41, 5.74) is -0.358. The van der Waals surface area contributed by atoms with Crippen LogP contribution in [0.3, 0.4) is 0 Å². The summed E-state index contributed by atoms with van der Waals surface area (Å²) in [5.74, 6) is -3.20. The normalized spacial score (nSPS) is 16.5. The van der Waals surface area contributed by atoms with Crippen LogP contribution < -0.4 is 9.64 Å². The second kappa shape index (κ2) is 6.31. The van der Waals surface area contributed by atoms with Gasteiger partial charge in [0.15, 0.2) is 5.75 Å². The number of benzene rings is 1. The fourth-order valence-corrected chi connectivity index (χ4v) is 2.66. The summed E-state index contributed by atoms with van der Waals surface area (Å²) in [6.45, 7) is 0.810. The zero-order chi connectivity index (χ0) is 19.1. The van der Waals surface area contributed by atoms with Crippen LogP contribution in [0.5, 0.6) is 5.75 Å². The molecular formula is C17H12F3N3O3. The maximum absolute atomic E-state index is 14.1. The molecule has 2 aromatic rings. The quantitative estimate of drug-likeness (QED) is 0.906. The summed E-state index contributed by atoms with van der Waals surface area (Å²) in [5, 5.41) is 18.6. The van der Waals surface area contributed by atoms with E-state index in [9.17, 15) is 23.1 Å². The fourth-order valence-electron chi connectivity index (χ4n) is 2.66. The number of alkyl halides is 2. The van der Waals surface area contributed by atoms with Gasteiger partial charge in [-0.1, -0.05) is 6.07 Å². The number of amides is 1. The Hall–Kier alpha value is -3.12. The Kier molecular flexibility index (Phi) is 4.29. The lowest BCUT2D eigenvalue weighted by Crippen LogP contribution is -2.50. The first kappa shape index (κ1) is 17.7. The van der Waals surface area contributed by atoms with Crippen LogP contribution in [0.2, 0.25) is 0 Å². The van der Waals surface area contributed by atoms with Crippen LogP contribution in [-0.4, -0.2) is 22.1 Å². The summed E-state index contributed by atoms with van der Waals surface area (Å²) in [7, 11) is 0. The largest absolute Gasteiger partial charge is 0.483 e. The molecule has 0 bridgehead atoms. The van der Waals surface area contributed by atoms with Crippen molar-refractivity contribution < 1.29 is 27.8 Å². The average Bonchev–Trinajstić information content (AvgIpc) is 2.58. The number of aliphatic hydroxyl groups is 1. The van der Waals surface area contributed by atoms with Gasteiger partial charge in [0.05, 0.1) is 29.6 Å². The smallest absolute Gasteiger partial charge is 0.422 e. The minimum Gasteiger partial charge on any atom is -0.422 e. The first-order chi connectivity index (χ1) is 12.2. The third kappa shape index (κ3) is 2.95. The van der Waals surface area contributed by atoms with Crippen molar-refractivity contribution in [2.24, 2.45) is 0 Å². The number of carbonyl (C=O) groups excluding carboxylic acids is 1. The number of fused-ring (bicyclic) bond motifs is 1. The molecule has 0 aliphatic carbocycles. The monoisotopic (exact) mass is 363 g/mol. The van der Waals surface area contributed by atoms with Gasteiger partial charge in [0.1, 0.15) is 17.6 Å². The topological polar surface area (TPSA) is 86.5 Å². The van der Waals surface area contributed by atoms with Gasteiger partial charge < -0.3 is 9.84 Å². The fraction of sp³-hybridized carbons (Fsp3) is 0.235. The molecule has 1 N–H and O–H groups in total. The number of halogens is 3. The maximum Gasteiger partial charge on any atom is 0.483 e. The first-order valence-electron chi connectivity index (χ1n) is 7.50. The van der Waals surface area contributed by atoms with E-state index in [-0.39, 0.29) is 23.6 Å². The van der Waals surface area contributed by atoms with Crippen molar-refractivity contribution in [3.8, 4) is 11.8 Å². The molecule has 0 fully saturated rings. The molecule has 0 radical (unpaired) electrons. The van der Waals surface area contributed by atoms with Gasteiger partial charge in [-0.25, -0.2) is 9.37 Å². The van der Waals surface area contributed by atoms with E-state index in [1.54, 1.807) is 0 Å². The Balaban J connectivity index is 2.12. The Labute approximate surface area is 146 Å². The number of carbonyl (C=O) groups is 1. The minimum absolute atomic E-state index is 0.0546. The Morgan fingerprint density at radius 3 is 2.77 bits per heavy atom. The highest BCUT2D eigenvalue weighted by atomic mass is 19.3. The molecule has 9 heteroatoms. The Morgan fingerprint density at radius 1 is 1.38 bits per heavy atom. The second-order valence-electron chi connectivity index (χ2n) is 5.62. The molecule has 1 aromatic carbocycles. The van der Waals surface area contributed by atoms with Gasteiger partial charge >= 0.3 is 12.0 Å². The highest BCUT2D eigenvalue weighted by molar-refractivity contribution is 6.01. The van der Waals surface area contributed by atoms with E-state index in [1.807, 2.05) is 6.07 Å². The third-order valence-electron chi connectivity index (χ3n) is 3.80. The van der Waals surface area contributed by atoms with Crippen molar-refractivity contribution in [2.45, 2.75) is 25.7 Å². The SMILES string of the molecule is C[C@H](O)c1c(F)ccc2c1OC(F)(F)C(=O)N2Cc1cccc(C#N)n1. The van der Waals surface area contributed by atoms with Crippen LogP contribution in [0, 0.1) is 17.1 Å². The van der Waals surface area contributed by atoms with Crippen LogP contribution in [0.25, 0.3) is 0 Å². The molecule has 0 saturated heterocycles. The van der Waals surface area contributed by atoms with E-state index in [0.29, 0.717) is 4.90 Å². The van der Waals surface area contributed by atoms with Crippen LogP contribution in [-0.2, 0) is 11.3 Å². The molecule has 0 spiro atoms. The lowest BCUT2D eigenvalue weighted by Gasteiger charge is -2.34. The van der Waals surface area contributed by atoms with Gasteiger partial charge in [-0.05, 0) is 31.2 Å². The maximum atomic E-state index is 14.1. The highest BCUT2D eigenvalue weighted by Crippen LogP contribution is 2.45. The van der Waals surface area contributed by atoms with Crippen molar-refractivity contribution in [1.29, 1.82) is 5.26 Å².